The topological polar surface area (TPSA) is 55.3 Å². The molecule has 0 spiro atoms. The minimum absolute atomic E-state index is 0.0111. The molecule has 1 atom stereocenters. The number of methoxy groups -OCH3 is 1. The predicted octanol–water partition coefficient (Wildman–Crippen LogP) is 1.68. The van der Waals surface area contributed by atoms with Crippen LogP contribution in [0.4, 0.5) is 5.82 Å². The summed E-state index contributed by atoms with van der Waals surface area (Å²) in [5.41, 5.74) is 0. The van der Waals surface area contributed by atoms with Gasteiger partial charge in [-0.2, -0.15) is 0 Å². The van der Waals surface area contributed by atoms with Crippen LogP contribution in [0.1, 0.15) is 6.42 Å². The number of amides is 1. The first-order chi connectivity index (χ1) is 8.17. The third-order valence-corrected chi connectivity index (χ3v) is 2.96. The molecule has 0 aromatic carbocycles. The third kappa shape index (κ3) is 2.10. The van der Waals surface area contributed by atoms with E-state index in [1.165, 1.54) is 13.4 Å². The van der Waals surface area contributed by atoms with Crippen molar-refractivity contribution < 1.29 is 9.53 Å². The number of hydrogen-bond acceptors (Lipinski definition) is 4. The van der Waals surface area contributed by atoms with Crippen LogP contribution < -0.4 is 9.64 Å². The predicted molar refractivity (Wildman–Crippen MR) is 64.3 cm³/mol. The van der Waals surface area contributed by atoms with Crippen LogP contribution in [0.15, 0.2) is 19.0 Å². The lowest BCUT2D eigenvalue weighted by Gasteiger charge is -2.17. The van der Waals surface area contributed by atoms with Gasteiger partial charge in [0.05, 0.1) is 7.11 Å². The van der Waals surface area contributed by atoms with Crippen molar-refractivity contribution in [1.29, 1.82) is 0 Å². The third-order valence-electron chi connectivity index (χ3n) is 2.69. The second-order valence-electron chi connectivity index (χ2n) is 3.73. The Kier molecular flexibility index (Phi) is 3.28. The largest absolute Gasteiger partial charge is 0.490 e. The molecule has 2 rings (SSSR count). The molecule has 0 saturated carbocycles. The van der Waals surface area contributed by atoms with Crippen molar-refractivity contribution in [1.82, 2.24) is 9.97 Å². The summed E-state index contributed by atoms with van der Waals surface area (Å²) in [4.78, 5) is 21.3. The van der Waals surface area contributed by atoms with Gasteiger partial charge in [-0.3, -0.25) is 9.69 Å². The Balaban J connectivity index is 2.38. The van der Waals surface area contributed by atoms with Gasteiger partial charge in [0.15, 0.2) is 16.7 Å². The van der Waals surface area contributed by atoms with Gasteiger partial charge >= 0.3 is 0 Å². The first kappa shape index (κ1) is 11.9. The molecular weight excluding hydrogens is 242 g/mol. The Bertz CT molecular complexity index is 464. The maximum atomic E-state index is 11.8. The van der Waals surface area contributed by atoms with E-state index in [0.29, 0.717) is 24.5 Å². The molecule has 5 nitrogen and oxygen atoms in total. The van der Waals surface area contributed by atoms with E-state index in [-0.39, 0.29) is 17.0 Å². The summed E-state index contributed by atoms with van der Waals surface area (Å²) in [7, 11) is 1.47. The number of carbonyl (C=O) groups is 1. The van der Waals surface area contributed by atoms with Crippen LogP contribution in [-0.2, 0) is 4.79 Å². The van der Waals surface area contributed by atoms with Gasteiger partial charge in [0, 0.05) is 18.9 Å². The van der Waals surface area contributed by atoms with Gasteiger partial charge < -0.3 is 4.74 Å². The van der Waals surface area contributed by atoms with Crippen LogP contribution in [0, 0.1) is 5.92 Å². The Morgan fingerprint density at radius 1 is 1.65 bits per heavy atom. The summed E-state index contributed by atoms with van der Waals surface area (Å²) >= 11 is 5.89. The summed E-state index contributed by atoms with van der Waals surface area (Å²) in [6, 6.07) is 0. The zero-order valence-corrected chi connectivity index (χ0v) is 10.1. The molecule has 1 fully saturated rings. The van der Waals surface area contributed by atoms with E-state index in [0.717, 1.165) is 0 Å². The zero-order valence-electron chi connectivity index (χ0n) is 9.39. The average Bonchev–Trinajstić information content (AvgIpc) is 2.70. The molecule has 1 amide bonds. The monoisotopic (exact) mass is 253 g/mol. The number of anilines is 1. The van der Waals surface area contributed by atoms with E-state index in [9.17, 15) is 4.79 Å². The molecule has 1 aliphatic rings. The van der Waals surface area contributed by atoms with Crippen LogP contribution >= 0.6 is 11.6 Å². The molecule has 1 aromatic heterocycles. The quantitative estimate of drug-likeness (QED) is 0.608. The molecule has 1 saturated heterocycles. The highest BCUT2D eigenvalue weighted by Crippen LogP contribution is 2.34. The van der Waals surface area contributed by atoms with Crippen molar-refractivity contribution in [3.8, 4) is 5.75 Å². The molecule has 1 aliphatic heterocycles. The molecule has 2 heterocycles. The van der Waals surface area contributed by atoms with E-state index in [2.05, 4.69) is 16.5 Å². The maximum absolute atomic E-state index is 11.8. The second-order valence-corrected chi connectivity index (χ2v) is 4.08. The minimum atomic E-state index is -0.0111. The number of nitrogens with zero attached hydrogens (tertiary/aromatic N) is 3. The average molecular weight is 254 g/mol. The number of aromatic nitrogens is 2. The SMILES string of the molecule is C=CC1CC(=O)N(c2ncnc(Cl)c2OC)C1. The molecule has 0 bridgehead atoms. The van der Waals surface area contributed by atoms with Crippen LogP contribution in [0.5, 0.6) is 5.75 Å². The van der Waals surface area contributed by atoms with Gasteiger partial charge in [-0.1, -0.05) is 17.7 Å². The smallest absolute Gasteiger partial charge is 0.228 e. The van der Waals surface area contributed by atoms with E-state index < -0.39 is 0 Å². The molecule has 1 aromatic rings. The number of rotatable bonds is 3. The van der Waals surface area contributed by atoms with Crippen molar-refractivity contribution in [3.63, 3.8) is 0 Å². The van der Waals surface area contributed by atoms with E-state index in [1.807, 2.05) is 0 Å². The molecule has 90 valence electrons. The lowest BCUT2D eigenvalue weighted by molar-refractivity contribution is -0.117. The highest BCUT2D eigenvalue weighted by molar-refractivity contribution is 6.31. The van der Waals surface area contributed by atoms with Crippen molar-refractivity contribution in [2.24, 2.45) is 5.92 Å². The van der Waals surface area contributed by atoms with Crippen LogP contribution in [0.2, 0.25) is 5.15 Å². The van der Waals surface area contributed by atoms with Crippen molar-refractivity contribution >= 4 is 23.3 Å². The van der Waals surface area contributed by atoms with Crippen LogP contribution in [0.3, 0.4) is 0 Å². The number of carbonyl (C=O) groups excluding carboxylic acids is 1. The molecule has 1 unspecified atom stereocenters. The van der Waals surface area contributed by atoms with Gasteiger partial charge in [0.1, 0.15) is 6.33 Å². The fourth-order valence-electron chi connectivity index (χ4n) is 1.81. The van der Waals surface area contributed by atoms with E-state index >= 15 is 0 Å². The van der Waals surface area contributed by atoms with Crippen LogP contribution in [-0.4, -0.2) is 29.5 Å². The number of hydrogen-bond donors (Lipinski definition) is 0. The minimum Gasteiger partial charge on any atom is -0.490 e. The molecule has 0 radical (unpaired) electrons. The standard InChI is InChI=1S/C11H12ClN3O2/c1-3-7-4-8(16)15(5-7)11-9(17-2)10(12)13-6-14-11/h3,6-7H,1,4-5H2,2H3. The van der Waals surface area contributed by atoms with Gasteiger partial charge in [0.2, 0.25) is 5.91 Å². The summed E-state index contributed by atoms with van der Waals surface area (Å²) < 4.78 is 5.13. The second kappa shape index (κ2) is 4.71. The number of ether oxygens (including phenoxy) is 1. The van der Waals surface area contributed by atoms with Gasteiger partial charge in [-0.15, -0.1) is 6.58 Å². The summed E-state index contributed by atoms with van der Waals surface area (Å²) in [5, 5.41) is 0.201. The Morgan fingerprint density at radius 3 is 3.00 bits per heavy atom. The normalized spacial score (nSPS) is 19.5. The van der Waals surface area contributed by atoms with Crippen LogP contribution in [0.25, 0.3) is 0 Å². The summed E-state index contributed by atoms with van der Waals surface area (Å²) in [6.07, 6.45) is 3.52. The zero-order chi connectivity index (χ0) is 12.4. The van der Waals surface area contributed by atoms with E-state index in [4.69, 9.17) is 16.3 Å². The first-order valence-corrected chi connectivity index (χ1v) is 5.52. The summed E-state index contributed by atoms with van der Waals surface area (Å²) in [6.45, 7) is 4.24. The number of halogens is 1. The van der Waals surface area contributed by atoms with Gasteiger partial charge in [-0.25, -0.2) is 9.97 Å². The molecule has 17 heavy (non-hydrogen) atoms. The molecule has 6 heteroatoms. The lowest BCUT2D eigenvalue weighted by Crippen LogP contribution is -2.26. The Labute approximate surface area is 104 Å². The molecule has 0 N–H and O–H groups in total. The summed E-state index contributed by atoms with van der Waals surface area (Å²) in [5.74, 6) is 0.873. The molecule has 0 aliphatic carbocycles. The maximum Gasteiger partial charge on any atom is 0.228 e. The highest BCUT2D eigenvalue weighted by Gasteiger charge is 2.32. The highest BCUT2D eigenvalue weighted by atomic mass is 35.5. The Hall–Kier alpha value is -1.62. The van der Waals surface area contributed by atoms with Gasteiger partial charge in [0.25, 0.3) is 0 Å². The van der Waals surface area contributed by atoms with E-state index in [1.54, 1.807) is 11.0 Å². The fraction of sp³-hybridized carbons (Fsp3) is 0.364. The fourth-order valence-corrected chi connectivity index (χ4v) is 2.01. The van der Waals surface area contributed by atoms with Crippen molar-refractivity contribution in [2.45, 2.75) is 6.42 Å². The van der Waals surface area contributed by atoms with Crippen molar-refractivity contribution in [3.05, 3.63) is 24.1 Å². The van der Waals surface area contributed by atoms with Gasteiger partial charge in [-0.05, 0) is 0 Å². The first-order valence-electron chi connectivity index (χ1n) is 5.14. The Morgan fingerprint density at radius 2 is 2.41 bits per heavy atom. The molecular formula is C11H12ClN3O2. The van der Waals surface area contributed by atoms with Crippen molar-refractivity contribution in [2.75, 3.05) is 18.6 Å². The lowest BCUT2D eigenvalue weighted by atomic mass is 10.1.